The smallest absolute Gasteiger partial charge is 0.335 e. The molecule has 3 N–H and O–H groups in total. The highest BCUT2D eigenvalue weighted by Crippen LogP contribution is 2.26. The molecule has 1 aromatic rings. The van der Waals surface area contributed by atoms with Crippen LogP contribution in [0, 0.1) is 13.8 Å². The number of carbonyl (C=O) groups is 1. The maximum Gasteiger partial charge on any atom is 0.335 e. The van der Waals surface area contributed by atoms with Crippen molar-refractivity contribution in [1.29, 1.82) is 0 Å². The van der Waals surface area contributed by atoms with Crippen LogP contribution in [0.2, 0.25) is 0 Å². The average Bonchev–Trinajstić information content (AvgIpc) is 2.69. The van der Waals surface area contributed by atoms with Gasteiger partial charge in [-0.3, -0.25) is 0 Å². The van der Waals surface area contributed by atoms with Crippen LogP contribution in [-0.4, -0.2) is 59.3 Å². The molecule has 0 aromatic heterocycles. The van der Waals surface area contributed by atoms with Gasteiger partial charge >= 0.3 is 5.97 Å². The summed E-state index contributed by atoms with van der Waals surface area (Å²) in [5.41, 5.74) is 0.813. The van der Waals surface area contributed by atoms with Gasteiger partial charge in [0.25, 0.3) is 0 Å². The molecular formula is C13H17NO6S. The van der Waals surface area contributed by atoms with E-state index < -0.39 is 28.2 Å². The first-order chi connectivity index (χ1) is 9.64. The van der Waals surface area contributed by atoms with Crippen molar-refractivity contribution in [3.05, 3.63) is 28.8 Å². The molecule has 2 unspecified atom stereocenters. The first-order valence-electron chi connectivity index (χ1n) is 6.35. The van der Waals surface area contributed by atoms with Crippen LogP contribution >= 0.6 is 0 Å². The molecular weight excluding hydrogens is 298 g/mol. The Balaban J connectivity index is 2.50. The molecule has 1 saturated heterocycles. The highest BCUT2D eigenvalue weighted by molar-refractivity contribution is 7.89. The van der Waals surface area contributed by atoms with Gasteiger partial charge in [-0.1, -0.05) is 6.07 Å². The fourth-order valence-electron chi connectivity index (χ4n) is 2.41. The molecule has 116 valence electrons. The lowest BCUT2D eigenvalue weighted by Gasteiger charge is -2.18. The first-order valence-corrected chi connectivity index (χ1v) is 7.79. The van der Waals surface area contributed by atoms with Gasteiger partial charge in [0.15, 0.2) is 0 Å². The summed E-state index contributed by atoms with van der Waals surface area (Å²) in [6, 6.07) is 2.62. The zero-order chi connectivity index (χ0) is 15.9. The number of aliphatic hydroxyl groups is 2. The third-order valence-electron chi connectivity index (χ3n) is 3.60. The zero-order valence-corrected chi connectivity index (χ0v) is 12.5. The molecule has 2 atom stereocenters. The summed E-state index contributed by atoms with van der Waals surface area (Å²) in [5.74, 6) is -1.20. The molecule has 0 saturated carbocycles. The molecule has 1 aliphatic rings. The van der Waals surface area contributed by atoms with Crippen molar-refractivity contribution in [1.82, 2.24) is 4.31 Å². The topological polar surface area (TPSA) is 115 Å². The number of rotatable bonds is 3. The van der Waals surface area contributed by atoms with Gasteiger partial charge in [-0.2, -0.15) is 4.31 Å². The van der Waals surface area contributed by atoms with E-state index in [0.717, 1.165) is 10.4 Å². The fourth-order valence-corrected chi connectivity index (χ4v) is 4.12. The van der Waals surface area contributed by atoms with E-state index in [1.54, 1.807) is 13.8 Å². The maximum absolute atomic E-state index is 12.5. The highest BCUT2D eigenvalue weighted by atomic mass is 32.2. The Bertz CT molecular complexity index is 674. The quantitative estimate of drug-likeness (QED) is 0.707. The summed E-state index contributed by atoms with van der Waals surface area (Å²) in [6.07, 6.45) is -2.27. The third-order valence-corrected chi connectivity index (χ3v) is 5.57. The Hall–Kier alpha value is -1.48. The standard InChI is InChI=1S/C13H17NO6S/c1-7-3-8(2)12(4-9(7)13(17)18)21(19,20)14-5-10(15)11(16)6-14/h3-4,10-11,15-16H,5-6H2,1-2H3,(H,17,18). The average molecular weight is 315 g/mol. The Morgan fingerprint density at radius 1 is 1.14 bits per heavy atom. The van der Waals surface area contributed by atoms with Crippen LogP contribution in [0.4, 0.5) is 0 Å². The van der Waals surface area contributed by atoms with E-state index in [0.29, 0.717) is 11.1 Å². The Morgan fingerprint density at radius 2 is 1.67 bits per heavy atom. The second-order valence-corrected chi connectivity index (χ2v) is 7.10. The molecule has 0 spiro atoms. The third kappa shape index (κ3) is 2.80. The van der Waals surface area contributed by atoms with Crippen molar-refractivity contribution in [3.63, 3.8) is 0 Å². The number of hydrogen-bond donors (Lipinski definition) is 3. The first kappa shape index (κ1) is 15.9. The van der Waals surface area contributed by atoms with Gasteiger partial charge in [0, 0.05) is 13.1 Å². The van der Waals surface area contributed by atoms with Crippen LogP contribution in [0.3, 0.4) is 0 Å². The second-order valence-electron chi connectivity index (χ2n) is 5.19. The molecule has 0 amide bonds. The van der Waals surface area contributed by atoms with Gasteiger partial charge < -0.3 is 15.3 Å². The van der Waals surface area contributed by atoms with Gasteiger partial charge in [-0.25, -0.2) is 13.2 Å². The molecule has 1 aromatic carbocycles. The van der Waals surface area contributed by atoms with E-state index in [1.165, 1.54) is 6.07 Å². The number of benzene rings is 1. The van der Waals surface area contributed by atoms with Crippen molar-refractivity contribution in [2.45, 2.75) is 31.0 Å². The van der Waals surface area contributed by atoms with Crippen molar-refractivity contribution in [2.24, 2.45) is 0 Å². The van der Waals surface area contributed by atoms with Crippen LogP contribution in [0.25, 0.3) is 0 Å². The molecule has 1 heterocycles. The van der Waals surface area contributed by atoms with Crippen molar-refractivity contribution in [3.8, 4) is 0 Å². The number of aliphatic hydroxyl groups excluding tert-OH is 2. The maximum atomic E-state index is 12.5. The number of nitrogens with zero attached hydrogens (tertiary/aromatic N) is 1. The molecule has 0 radical (unpaired) electrons. The Labute approximate surface area is 122 Å². The number of aromatic carboxylic acids is 1. The molecule has 0 aliphatic carbocycles. The van der Waals surface area contributed by atoms with Crippen LogP contribution in [0.1, 0.15) is 21.5 Å². The predicted molar refractivity (Wildman–Crippen MR) is 73.6 cm³/mol. The zero-order valence-electron chi connectivity index (χ0n) is 11.6. The van der Waals surface area contributed by atoms with Gasteiger partial charge in [-0.15, -0.1) is 0 Å². The summed E-state index contributed by atoms with van der Waals surface area (Å²) in [6.45, 7) is 2.75. The van der Waals surface area contributed by atoms with Gasteiger partial charge in [0.05, 0.1) is 22.7 Å². The van der Waals surface area contributed by atoms with Gasteiger partial charge in [0.2, 0.25) is 10.0 Å². The number of carboxylic acid groups (broad SMARTS) is 1. The minimum Gasteiger partial charge on any atom is -0.478 e. The van der Waals surface area contributed by atoms with E-state index >= 15 is 0 Å². The van der Waals surface area contributed by atoms with Gasteiger partial charge in [0.1, 0.15) is 0 Å². The van der Waals surface area contributed by atoms with E-state index in [4.69, 9.17) is 5.11 Å². The minimum atomic E-state index is -3.96. The molecule has 7 nitrogen and oxygen atoms in total. The normalized spacial score (nSPS) is 23.4. The number of sulfonamides is 1. The lowest BCUT2D eigenvalue weighted by atomic mass is 10.1. The molecule has 21 heavy (non-hydrogen) atoms. The molecule has 1 fully saturated rings. The molecule has 0 bridgehead atoms. The van der Waals surface area contributed by atoms with Crippen LogP contribution < -0.4 is 0 Å². The Kier molecular flexibility index (Phi) is 4.07. The van der Waals surface area contributed by atoms with Crippen molar-refractivity contribution in [2.75, 3.05) is 13.1 Å². The highest BCUT2D eigenvalue weighted by Gasteiger charge is 2.38. The summed E-state index contributed by atoms with van der Waals surface area (Å²) in [7, 11) is -3.96. The molecule has 8 heteroatoms. The van der Waals surface area contributed by atoms with Crippen LogP contribution in [0.15, 0.2) is 17.0 Å². The summed E-state index contributed by atoms with van der Waals surface area (Å²) >= 11 is 0. The largest absolute Gasteiger partial charge is 0.478 e. The lowest BCUT2D eigenvalue weighted by molar-refractivity contribution is 0.0572. The predicted octanol–water partition coefficient (Wildman–Crippen LogP) is -0.272. The Morgan fingerprint density at radius 3 is 2.14 bits per heavy atom. The summed E-state index contributed by atoms with van der Waals surface area (Å²) < 4.78 is 26.1. The minimum absolute atomic E-state index is 0.0838. The number of carboxylic acids is 1. The van der Waals surface area contributed by atoms with E-state index in [1.807, 2.05) is 0 Å². The number of β-amino-alcohol motifs (C(OH)–C–C–N with tert-alkyl or cyclic N) is 2. The van der Waals surface area contributed by atoms with Crippen LogP contribution in [0.5, 0.6) is 0 Å². The van der Waals surface area contributed by atoms with Gasteiger partial charge in [-0.05, 0) is 31.0 Å². The van der Waals surface area contributed by atoms with E-state index in [2.05, 4.69) is 0 Å². The van der Waals surface area contributed by atoms with Crippen molar-refractivity contribution >= 4 is 16.0 Å². The second kappa shape index (κ2) is 5.38. The summed E-state index contributed by atoms with van der Waals surface area (Å²) in [4.78, 5) is 11.0. The van der Waals surface area contributed by atoms with E-state index in [-0.39, 0.29) is 23.5 Å². The number of hydrogen-bond acceptors (Lipinski definition) is 5. The molecule has 2 rings (SSSR count). The summed E-state index contributed by atoms with van der Waals surface area (Å²) in [5, 5.41) is 28.1. The fraction of sp³-hybridized carbons (Fsp3) is 0.462. The number of aryl methyl sites for hydroxylation is 2. The monoisotopic (exact) mass is 315 g/mol. The van der Waals surface area contributed by atoms with E-state index in [9.17, 15) is 23.4 Å². The lowest BCUT2D eigenvalue weighted by Crippen LogP contribution is -2.30. The molecule has 1 aliphatic heterocycles. The van der Waals surface area contributed by atoms with Crippen LogP contribution in [-0.2, 0) is 10.0 Å². The van der Waals surface area contributed by atoms with Crippen molar-refractivity contribution < 1.29 is 28.5 Å². The SMILES string of the molecule is Cc1cc(C)c(S(=O)(=O)N2CC(O)C(O)C2)cc1C(=O)O.